The molecule has 22 heavy (non-hydrogen) atoms. The number of amides is 1. The maximum Gasteiger partial charge on any atom is 0.234 e. The number of aromatic nitrogens is 1. The monoisotopic (exact) mass is 305 g/mol. The smallest absolute Gasteiger partial charge is 0.234 e. The highest BCUT2D eigenvalue weighted by molar-refractivity contribution is 5.80. The Morgan fingerprint density at radius 3 is 2.77 bits per heavy atom. The highest BCUT2D eigenvalue weighted by atomic mass is 19.1. The quantitative estimate of drug-likeness (QED) is 0.758. The Labute approximate surface area is 127 Å². The lowest BCUT2D eigenvalue weighted by Gasteiger charge is -2.17. The molecule has 1 heterocycles. The van der Waals surface area contributed by atoms with Crippen LogP contribution >= 0.6 is 0 Å². The number of hydrogen-bond donors (Lipinski definition) is 3. The van der Waals surface area contributed by atoms with Crippen LogP contribution in [0.15, 0.2) is 29.1 Å². The standard InChI is InChI=1S/C16H20FN3O2/c1-9(2)6-13(16(18)22)19-8-10-7-14(21)11-4-3-5-12(17)15(11)20-10/h3-5,7,9,13,19H,6,8H2,1-2H3,(H2,18,22)(H,20,21)/t13-/m0/s1. The summed E-state index contributed by atoms with van der Waals surface area (Å²) in [6.07, 6.45) is 0.599. The van der Waals surface area contributed by atoms with Crippen LogP contribution in [0.1, 0.15) is 26.0 Å². The molecule has 0 saturated carbocycles. The Kier molecular flexibility index (Phi) is 4.92. The van der Waals surface area contributed by atoms with E-state index in [0.29, 0.717) is 23.4 Å². The molecule has 0 spiro atoms. The molecule has 0 saturated heterocycles. The van der Waals surface area contributed by atoms with Crippen LogP contribution < -0.4 is 16.5 Å². The zero-order valence-corrected chi connectivity index (χ0v) is 12.7. The van der Waals surface area contributed by atoms with Crippen LogP contribution in [-0.2, 0) is 11.3 Å². The van der Waals surface area contributed by atoms with E-state index in [9.17, 15) is 14.0 Å². The fourth-order valence-corrected chi connectivity index (χ4v) is 2.39. The summed E-state index contributed by atoms with van der Waals surface area (Å²) in [5, 5.41) is 3.31. The second-order valence-electron chi connectivity index (χ2n) is 5.79. The number of rotatable bonds is 6. The summed E-state index contributed by atoms with van der Waals surface area (Å²) in [5.41, 5.74) is 5.78. The van der Waals surface area contributed by atoms with E-state index in [1.165, 1.54) is 18.2 Å². The highest BCUT2D eigenvalue weighted by Gasteiger charge is 2.16. The molecule has 1 aromatic heterocycles. The largest absolute Gasteiger partial charge is 0.368 e. The van der Waals surface area contributed by atoms with Crippen molar-refractivity contribution in [2.75, 3.05) is 0 Å². The van der Waals surface area contributed by atoms with E-state index in [1.807, 2.05) is 13.8 Å². The summed E-state index contributed by atoms with van der Waals surface area (Å²) < 4.78 is 13.8. The number of primary amides is 1. The van der Waals surface area contributed by atoms with Gasteiger partial charge in [0.1, 0.15) is 5.82 Å². The first-order valence-electron chi connectivity index (χ1n) is 7.21. The van der Waals surface area contributed by atoms with Gasteiger partial charge in [0, 0.05) is 23.7 Å². The first-order chi connectivity index (χ1) is 10.4. The summed E-state index contributed by atoms with van der Waals surface area (Å²) >= 11 is 0. The average Bonchev–Trinajstić information content (AvgIpc) is 2.44. The minimum Gasteiger partial charge on any atom is -0.368 e. The van der Waals surface area contributed by atoms with Gasteiger partial charge in [-0.15, -0.1) is 0 Å². The van der Waals surface area contributed by atoms with Crippen LogP contribution in [0.25, 0.3) is 10.9 Å². The molecule has 1 aromatic carbocycles. The van der Waals surface area contributed by atoms with Crippen molar-refractivity contribution in [3.05, 3.63) is 46.0 Å². The number of benzene rings is 1. The topological polar surface area (TPSA) is 88.0 Å². The number of fused-ring (bicyclic) bond motifs is 1. The van der Waals surface area contributed by atoms with Crippen molar-refractivity contribution in [1.82, 2.24) is 10.3 Å². The lowest BCUT2D eigenvalue weighted by Crippen LogP contribution is -2.42. The van der Waals surface area contributed by atoms with E-state index < -0.39 is 17.8 Å². The van der Waals surface area contributed by atoms with Gasteiger partial charge in [-0.05, 0) is 24.5 Å². The second kappa shape index (κ2) is 6.70. The van der Waals surface area contributed by atoms with Crippen LogP contribution in [0.4, 0.5) is 4.39 Å². The molecular weight excluding hydrogens is 285 g/mol. The molecule has 2 rings (SSSR count). The Bertz CT molecular complexity index is 740. The fourth-order valence-electron chi connectivity index (χ4n) is 2.39. The number of halogens is 1. The summed E-state index contributed by atoms with van der Waals surface area (Å²) in [4.78, 5) is 26.3. The van der Waals surface area contributed by atoms with E-state index in [4.69, 9.17) is 5.73 Å². The van der Waals surface area contributed by atoms with Crippen LogP contribution in [0.2, 0.25) is 0 Å². The second-order valence-corrected chi connectivity index (χ2v) is 5.79. The Hall–Kier alpha value is -2.21. The molecule has 0 aliphatic carbocycles. The summed E-state index contributed by atoms with van der Waals surface area (Å²) in [5.74, 6) is -0.619. The van der Waals surface area contributed by atoms with Gasteiger partial charge in [0.25, 0.3) is 0 Å². The van der Waals surface area contributed by atoms with E-state index in [1.54, 1.807) is 6.07 Å². The van der Waals surface area contributed by atoms with Crippen molar-refractivity contribution in [2.24, 2.45) is 11.7 Å². The van der Waals surface area contributed by atoms with Gasteiger partial charge in [0.05, 0.1) is 11.6 Å². The molecule has 0 bridgehead atoms. The molecule has 2 aromatic rings. The summed E-state index contributed by atoms with van der Waals surface area (Å²) in [6.45, 7) is 4.22. The molecule has 5 nitrogen and oxygen atoms in total. The van der Waals surface area contributed by atoms with Crippen molar-refractivity contribution in [2.45, 2.75) is 32.9 Å². The fraction of sp³-hybridized carbons (Fsp3) is 0.375. The SMILES string of the molecule is CC(C)C[C@H](NCc1cc(=O)c2cccc(F)c2[nH]1)C(N)=O. The van der Waals surface area contributed by atoms with Crippen LogP contribution in [-0.4, -0.2) is 16.9 Å². The molecule has 0 aliphatic rings. The average molecular weight is 305 g/mol. The van der Waals surface area contributed by atoms with E-state index in [2.05, 4.69) is 10.3 Å². The third-order valence-corrected chi connectivity index (χ3v) is 3.46. The molecule has 0 fully saturated rings. The van der Waals surface area contributed by atoms with Gasteiger partial charge in [0.15, 0.2) is 5.43 Å². The van der Waals surface area contributed by atoms with E-state index >= 15 is 0 Å². The van der Waals surface area contributed by atoms with Gasteiger partial charge < -0.3 is 16.0 Å². The minimum absolute atomic E-state index is 0.172. The lowest BCUT2D eigenvalue weighted by atomic mass is 10.0. The van der Waals surface area contributed by atoms with Gasteiger partial charge >= 0.3 is 0 Å². The van der Waals surface area contributed by atoms with Crippen LogP contribution in [0.5, 0.6) is 0 Å². The lowest BCUT2D eigenvalue weighted by molar-refractivity contribution is -0.120. The molecule has 1 atom stereocenters. The van der Waals surface area contributed by atoms with Crippen molar-refractivity contribution < 1.29 is 9.18 Å². The predicted molar refractivity (Wildman–Crippen MR) is 83.8 cm³/mol. The maximum atomic E-state index is 13.8. The summed E-state index contributed by atoms with van der Waals surface area (Å²) in [6, 6.07) is 5.28. The first-order valence-corrected chi connectivity index (χ1v) is 7.21. The molecule has 0 radical (unpaired) electrons. The van der Waals surface area contributed by atoms with Gasteiger partial charge in [-0.3, -0.25) is 9.59 Å². The molecule has 1 amide bonds. The van der Waals surface area contributed by atoms with Crippen molar-refractivity contribution in [1.29, 1.82) is 0 Å². The Balaban J connectivity index is 2.23. The highest BCUT2D eigenvalue weighted by Crippen LogP contribution is 2.12. The van der Waals surface area contributed by atoms with Gasteiger partial charge in [-0.2, -0.15) is 0 Å². The zero-order valence-electron chi connectivity index (χ0n) is 12.7. The molecule has 4 N–H and O–H groups in total. The predicted octanol–water partition coefficient (Wildman–Crippen LogP) is 1.66. The van der Waals surface area contributed by atoms with E-state index in [-0.39, 0.29) is 17.5 Å². The zero-order chi connectivity index (χ0) is 16.3. The van der Waals surface area contributed by atoms with Gasteiger partial charge in [0.2, 0.25) is 5.91 Å². The number of nitrogens with one attached hydrogen (secondary N) is 2. The third-order valence-electron chi connectivity index (χ3n) is 3.46. The number of aromatic amines is 1. The van der Waals surface area contributed by atoms with Gasteiger partial charge in [-0.25, -0.2) is 4.39 Å². The molecule has 0 aliphatic heterocycles. The number of carbonyl (C=O) groups is 1. The van der Waals surface area contributed by atoms with Crippen LogP contribution in [0, 0.1) is 11.7 Å². The summed E-state index contributed by atoms with van der Waals surface area (Å²) in [7, 11) is 0. The molecule has 118 valence electrons. The number of H-pyrrole nitrogens is 1. The molecule has 6 heteroatoms. The Morgan fingerprint density at radius 2 is 2.14 bits per heavy atom. The molecular formula is C16H20FN3O2. The normalized spacial score (nSPS) is 12.7. The molecule has 0 unspecified atom stereocenters. The number of para-hydroxylation sites is 1. The van der Waals surface area contributed by atoms with Crippen molar-refractivity contribution >= 4 is 16.8 Å². The van der Waals surface area contributed by atoms with E-state index in [0.717, 1.165) is 0 Å². The minimum atomic E-state index is -0.486. The Morgan fingerprint density at radius 1 is 1.41 bits per heavy atom. The third kappa shape index (κ3) is 3.71. The van der Waals surface area contributed by atoms with Crippen molar-refractivity contribution in [3.63, 3.8) is 0 Å². The number of hydrogen-bond acceptors (Lipinski definition) is 3. The van der Waals surface area contributed by atoms with Crippen LogP contribution in [0.3, 0.4) is 0 Å². The number of carbonyl (C=O) groups excluding carboxylic acids is 1. The maximum absolute atomic E-state index is 13.8. The first kappa shape index (κ1) is 16.2. The number of nitrogens with two attached hydrogens (primary N) is 1. The number of pyridine rings is 1. The van der Waals surface area contributed by atoms with Gasteiger partial charge in [-0.1, -0.05) is 19.9 Å². The van der Waals surface area contributed by atoms with Crippen molar-refractivity contribution in [3.8, 4) is 0 Å².